The Morgan fingerprint density at radius 2 is 2.04 bits per heavy atom. The average Bonchev–Trinajstić information content (AvgIpc) is 3.14. The van der Waals surface area contributed by atoms with Gasteiger partial charge >= 0.3 is 0 Å². The van der Waals surface area contributed by atoms with Gasteiger partial charge in [0.2, 0.25) is 0 Å². The second kappa shape index (κ2) is 8.22. The maximum Gasteiger partial charge on any atom is 0.256 e. The number of carbonyl (C=O) groups excluding carboxylic acids is 1. The van der Waals surface area contributed by atoms with Crippen molar-refractivity contribution in [2.45, 2.75) is 23.8 Å². The molecule has 1 N–H and O–H groups in total. The lowest BCUT2D eigenvalue weighted by Gasteiger charge is -2.12. The van der Waals surface area contributed by atoms with Crippen molar-refractivity contribution < 1.29 is 14.3 Å². The lowest BCUT2D eigenvalue weighted by Crippen LogP contribution is -2.14. The number of anilines is 1. The van der Waals surface area contributed by atoms with E-state index in [1.54, 1.807) is 18.9 Å². The van der Waals surface area contributed by atoms with Crippen molar-refractivity contribution in [1.29, 1.82) is 0 Å². The number of rotatable bonds is 6. The summed E-state index contributed by atoms with van der Waals surface area (Å²) in [6, 6.07) is 15.0. The van der Waals surface area contributed by atoms with Gasteiger partial charge in [-0.3, -0.25) is 4.79 Å². The van der Waals surface area contributed by atoms with E-state index < -0.39 is 0 Å². The van der Waals surface area contributed by atoms with Crippen LogP contribution in [0.5, 0.6) is 5.75 Å². The summed E-state index contributed by atoms with van der Waals surface area (Å²) in [6.45, 7) is 0.852. The summed E-state index contributed by atoms with van der Waals surface area (Å²) >= 11 is 1.68. The van der Waals surface area contributed by atoms with Crippen LogP contribution in [0.4, 0.5) is 5.69 Å². The van der Waals surface area contributed by atoms with E-state index in [0.717, 1.165) is 41.5 Å². The number of thioether (sulfide) groups is 1. The van der Waals surface area contributed by atoms with Gasteiger partial charge in [0.05, 0.1) is 18.8 Å². The zero-order valence-electron chi connectivity index (χ0n) is 13.7. The fraction of sp³-hybridized carbons (Fsp3) is 0.316. The summed E-state index contributed by atoms with van der Waals surface area (Å²) in [6.07, 6.45) is 2.53. The Hall–Kier alpha value is -1.98. The van der Waals surface area contributed by atoms with Crippen LogP contribution in [-0.2, 0) is 4.74 Å². The number of ether oxygens (including phenoxy) is 2. The molecule has 0 aromatic heterocycles. The molecule has 0 bridgehead atoms. The first-order chi connectivity index (χ1) is 11.8. The summed E-state index contributed by atoms with van der Waals surface area (Å²) in [4.78, 5) is 13.6. The molecule has 1 aliphatic heterocycles. The fourth-order valence-corrected chi connectivity index (χ4v) is 3.73. The zero-order valence-corrected chi connectivity index (χ0v) is 14.5. The van der Waals surface area contributed by atoms with Crippen molar-refractivity contribution in [1.82, 2.24) is 0 Å². The molecule has 0 spiro atoms. The number of carbonyl (C=O) groups is 1. The lowest BCUT2D eigenvalue weighted by atomic mass is 10.2. The number of benzene rings is 2. The van der Waals surface area contributed by atoms with Gasteiger partial charge in [0.1, 0.15) is 5.75 Å². The first kappa shape index (κ1) is 16.9. The van der Waals surface area contributed by atoms with Crippen LogP contribution >= 0.6 is 11.8 Å². The molecular formula is C19H21NO3S. The van der Waals surface area contributed by atoms with E-state index in [2.05, 4.69) is 5.32 Å². The fourth-order valence-electron chi connectivity index (χ4n) is 2.61. The van der Waals surface area contributed by atoms with Crippen molar-refractivity contribution in [3.05, 3.63) is 54.1 Å². The van der Waals surface area contributed by atoms with Gasteiger partial charge in [0.15, 0.2) is 0 Å². The predicted octanol–water partition coefficient (Wildman–Crippen LogP) is 4.22. The quantitative estimate of drug-likeness (QED) is 0.798. The SMILES string of the molecule is COc1ccc(NC(=O)c2ccccc2SC[C@H]2CCCO2)cc1. The molecule has 1 fully saturated rings. The van der Waals surface area contributed by atoms with Crippen LogP contribution < -0.4 is 10.1 Å². The van der Waals surface area contributed by atoms with Crippen molar-refractivity contribution in [2.24, 2.45) is 0 Å². The number of hydrogen-bond donors (Lipinski definition) is 1. The van der Waals surface area contributed by atoms with Crippen LogP contribution in [0, 0.1) is 0 Å². The van der Waals surface area contributed by atoms with E-state index >= 15 is 0 Å². The van der Waals surface area contributed by atoms with E-state index in [4.69, 9.17) is 9.47 Å². The molecule has 126 valence electrons. The van der Waals surface area contributed by atoms with Gasteiger partial charge in [-0.15, -0.1) is 11.8 Å². The van der Waals surface area contributed by atoms with Gasteiger partial charge in [0, 0.05) is 22.9 Å². The largest absolute Gasteiger partial charge is 0.497 e. The number of nitrogens with one attached hydrogen (secondary N) is 1. The second-order valence-electron chi connectivity index (χ2n) is 5.62. The van der Waals surface area contributed by atoms with Crippen LogP contribution in [0.2, 0.25) is 0 Å². The van der Waals surface area contributed by atoms with Crippen LogP contribution in [-0.4, -0.2) is 31.5 Å². The highest BCUT2D eigenvalue weighted by molar-refractivity contribution is 7.99. The van der Waals surface area contributed by atoms with Gasteiger partial charge in [-0.1, -0.05) is 12.1 Å². The molecule has 1 heterocycles. The van der Waals surface area contributed by atoms with E-state index in [0.29, 0.717) is 11.7 Å². The van der Waals surface area contributed by atoms with Crippen LogP contribution in [0.1, 0.15) is 23.2 Å². The third kappa shape index (κ3) is 4.30. The molecule has 1 saturated heterocycles. The number of amides is 1. The Morgan fingerprint density at radius 3 is 2.75 bits per heavy atom. The molecule has 0 saturated carbocycles. The van der Waals surface area contributed by atoms with Crippen molar-refractivity contribution in [2.75, 3.05) is 24.8 Å². The summed E-state index contributed by atoms with van der Waals surface area (Å²) in [5, 5.41) is 2.94. The molecule has 1 atom stereocenters. The maximum atomic E-state index is 12.6. The molecule has 0 unspecified atom stereocenters. The summed E-state index contributed by atoms with van der Waals surface area (Å²) in [5.41, 5.74) is 1.44. The zero-order chi connectivity index (χ0) is 16.8. The van der Waals surface area contributed by atoms with Gasteiger partial charge in [-0.25, -0.2) is 0 Å². The third-order valence-corrected chi connectivity index (χ3v) is 5.13. The van der Waals surface area contributed by atoms with Crippen LogP contribution in [0.15, 0.2) is 53.4 Å². The molecule has 2 aromatic carbocycles. The highest BCUT2D eigenvalue weighted by Crippen LogP contribution is 2.27. The molecular weight excluding hydrogens is 322 g/mol. The van der Waals surface area contributed by atoms with Crippen molar-refractivity contribution >= 4 is 23.4 Å². The topological polar surface area (TPSA) is 47.6 Å². The van der Waals surface area contributed by atoms with Gasteiger partial charge < -0.3 is 14.8 Å². The Kier molecular flexibility index (Phi) is 5.77. The molecule has 5 heteroatoms. The highest BCUT2D eigenvalue weighted by Gasteiger charge is 2.18. The minimum atomic E-state index is -0.101. The lowest BCUT2D eigenvalue weighted by molar-refractivity contribution is 0.102. The number of hydrogen-bond acceptors (Lipinski definition) is 4. The van der Waals surface area contributed by atoms with Gasteiger partial charge in [-0.2, -0.15) is 0 Å². The highest BCUT2D eigenvalue weighted by atomic mass is 32.2. The molecule has 3 rings (SSSR count). The first-order valence-electron chi connectivity index (χ1n) is 8.05. The Morgan fingerprint density at radius 1 is 1.25 bits per heavy atom. The summed E-state index contributed by atoms with van der Waals surface area (Å²) < 4.78 is 10.8. The van der Waals surface area contributed by atoms with Gasteiger partial charge in [0.25, 0.3) is 5.91 Å². The molecule has 24 heavy (non-hydrogen) atoms. The second-order valence-corrected chi connectivity index (χ2v) is 6.69. The van der Waals surface area contributed by atoms with Gasteiger partial charge in [-0.05, 0) is 49.2 Å². The molecule has 4 nitrogen and oxygen atoms in total. The first-order valence-corrected chi connectivity index (χ1v) is 9.03. The maximum absolute atomic E-state index is 12.6. The molecule has 1 amide bonds. The third-order valence-electron chi connectivity index (χ3n) is 3.93. The van der Waals surface area contributed by atoms with E-state index in [1.807, 2.05) is 48.5 Å². The molecule has 0 radical (unpaired) electrons. The summed E-state index contributed by atoms with van der Waals surface area (Å²) in [5.74, 6) is 1.54. The Labute approximate surface area is 146 Å². The average molecular weight is 343 g/mol. The standard InChI is InChI=1S/C19H21NO3S/c1-22-15-10-8-14(9-11-15)20-19(21)17-6-2-3-7-18(17)24-13-16-5-4-12-23-16/h2-3,6-11,16H,4-5,12-13H2,1H3,(H,20,21)/t16-/m1/s1. The minimum Gasteiger partial charge on any atom is -0.497 e. The van der Waals surface area contributed by atoms with E-state index in [9.17, 15) is 4.79 Å². The predicted molar refractivity (Wildman–Crippen MR) is 97.1 cm³/mol. The molecule has 0 aliphatic carbocycles. The normalized spacial score (nSPS) is 16.8. The monoisotopic (exact) mass is 343 g/mol. The van der Waals surface area contributed by atoms with Crippen molar-refractivity contribution in [3.63, 3.8) is 0 Å². The smallest absolute Gasteiger partial charge is 0.256 e. The Balaban J connectivity index is 1.66. The minimum absolute atomic E-state index is 0.101. The molecule has 1 aliphatic rings. The summed E-state index contributed by atoms with van der Waals surface area (Å²) in [7, 11) is 1.62. The molecule has 2 aromatic rings. The number of methoxy groups -OCH3 is 1. The Bertz CT molecular complexity index is 681. The van der Waals surface area contributed by atoms with Crippen LogP contribution in [0.3, 0.4) is 0 Å². The van der Waals surface area contributed by atoms with Crippen LogP contribution in [0.25, 0.3) is 0 Å². The van der Waals surface area contributed by atoms with E-state index in [-0.39, 0.29) is 5.91 Å². The van der Waals surface area contributed by atoms with Crippen molar-refractivity contribution in [3.8, 4) is 5.75 Å². The van der Waals surface area contributed by atoms with E-state index in [1.165, 1.54) is 0 Å².